The second kappa shape index (κ2) is 10.2. The Kier molecular flexibility index (Phi) is 7.28. The number of nitrogens with two attached hydrogens (primary N) is 1. The summed E-state index contributed by atoms with van der Waals surface area (Å²) in [6.45, 7) is 5.72. The molecule has 4 rings (SSSR count). The van der Waals surface area contributed by atoms with Gasteiger partial charge in [-0.25, -0.2) is 27.8 Å². The third-order valence-electron chi connectivity index (χ3n) is 5.70. The Labute approximate surface area is 208 Å². The van der Waals surface area contributed by atoms with Gasteiger partial charge in [-0.2, -0.15) is 14.3 Å². The van der Waals surface area contributed by atoms with E-state index in [1.807, 2.05) is 13.0 Å². The smallest absolute Gasteiger partial charge is 0.250 e. The van der Waals surface area contributed by atoms with E-state index in [2.05, 4.69) is 35.1 Å². The maximum Gasteiger partial charge on any atom is 0.250 e. The fourth-order valence-corrected chi connectivity index (χ4v) is 5.31. The zero-order valence-electron chi connectivity index (χ0n) is 20.4. The molecule has 3 aromatic rings. The molecule has 0 aromatic carbocycles. The van der Waals surface area contributed by atoms with E-state index in [0.717, 1.165) is 5.56 Å². The van der Waals surface area contributed by atoms with Gasteiger partial charge in [-0.05, 0) is 25.5 Å². The number of methoxy groups -OCH3 is 1. The number of sulfonamides is 1. The third-order valence-corrected chi connectivity index (χ3v) is 7.09. The van der Waals surface area contributed by atoms with Gasteiger partial charge in [0.05, 0.1) is 30.8 Å². The molecule has 0 unspecified atom stereocenters. The molecule has 0 bridgehead atoms. The first-order chi connectivity index (χ1) is 17.0. The van der Waals surface area contributed by atoms with Crippen molar-refractivity contribution in [3.05, 3.63) is 41.7 Å². The molecule has 1 atom stereocenters. The van der Waals surface area contributed by atoms with E-state index < -0.39 is 15.8 Å². The first kappa shape index (κ1) is 25.6. The highest BCUT2D eigenvalue weighted by atomic mass is 32.2. The molecular formula is C22H28FN9O3S. The summed E-state index contributed by atoms with van der Waals surface area (Å²) in [6, 6.07) is 2.98. The second-order valence-corrected chi connectivity index (χ2v) is 10.5. The van der Waals surface area contributed by atoms with Gasteiger partial charge in [-0.3, -0.25) is 4.90 Å². The van der Waals surface area contributed by atoms with Crippen LogP contribution in [0.4, 0.5) is 21.8 Å². The standard InChI is InChI=1S/C22H28FN9O3S/c1-13-11-31(5-6-32(13)36(4,33)34)12-15-7-17(20-27-14(2)28-22(24)30-20)19(25-9-15)29-16-8-18(23)21(35-3)26-10-16/h7-10,13H,5-6,11-12H2,1-4H3,(H,25,29)(H2,24,27,28,30)/t13-/m1/s1. The van der Waals surface area contributed by atoms with E-state index in [4.69, 9.17) is 10.5 Å². The maximum absolute atomic E-state index is 14.2. The Balaban J connectivity index is 1.64. The van der Waals surface area contributed by atoms with Crippen LogP contribution in [0.2, 0.25) is 0 Å². The molecule has 192 valence electrons. The minimum absolute atomic E-state index is 0.0664. The molecule has 0 amide bonds. The van der Waals surface area contributed by atoms with Crippen LogP contribution in [0.25, 0.3) is 11.4 Å². The van der Waals surface area contributed by atoms with Crippen LogP contribution >= 0.6 is 0 Å². The zero-order chi connectivity index (χ0) is 26.0. The third kappa shape index (κ3) is 5.83. The molecule has 0 saturated carbocycles. The van der Waals surface area contributed by atoms with Gasteiger partial charge in [-0.1, -0.05) is 0 Å². The number of halogens is 1. The van der Waals surface area contributed by atoms with Crippen molar-refractivity contribution in [3.8, 4) is 17.3 Å². The van der Waals surface area contributed by atoms with E-state index in [0.29, 0.717) is 54.9 Å². The van der Waals surface area contributed by atoms with Crippen LogP contribution in [0.3, 0.4) is 0 Å². The van der Waals surface area contributed by atoms with E-state index >= 15 is 0 Å². The lowest BCUT2D eigenvalue weighted by molar-refractivity contribution is 0.138. The van der Waals surface area contributed by atoms with Gasteiger partial charge < -0.3 is 15.8 Å². The summed E-state index contributed by atoms with van der Waals surface area (Å²) in [4.78, 5) is 23.4. The maximum atomic E-state index is 14.2. The number of nitrogens with zero attached hydrogens (tertiary/aromatic N) is 7. The minimum atomic E-state index is -3.25. The van der Waals surface area contributed by atoms with Crippen LogP contribution in [0.15, 0.2) is 24.5 Å². The summed E-state index contributed by atoms with van der Waals surface area (Å²) >= 11 is 0. The number of pyridine rings is 2. The molecule has 12 nitrogen and oxygen atoms in total. The van der Waals surface area contributed by atoms with Gasteiger partial charge in [0.2, 0.25) is 21.9 Å². The Hall–Kier alpha value is -3.49. The molecule has 4 heterocycles. The Bertz CT molecular complexity index is 1350. The van der Waals surface area contributed by atoms with Crippen molar-refractivity contribution in [2.24, 2.45) is 0 Å². The highest BCUT2D eigenvalue weighted by Gasteiger charge is 2.30. The van der Waals surface area contributed by atoms with Crippen molar-refractivity contribution in [1.82, 2.24) is 34.1 Å². The number of nitrogen functional groups attached to an aromatic ring is 1. The normalized spacial score (nSPS) is 17.2. The van der Waals surface area contributed by atoms with Crippen LogP contribution in [0.1, 0.15) is 18.3 Å². The van der Waals surface area contributed by atoms with Crippen LogP contribution in [-0.2, 0) is 16.6 Å². The quantitative estimate of drug-likeness (QED) is 0.470. The molecule has 36 heavy (non-hydrogen) atoms. The fraction of sp³-hybridized carbons (Fsp3) is 0.409. The SMILES string of the molecule is COc1ncc(Nc2ncc(CN3CCN(S(C)(=O)=O)[C@H](C)C3)cc2-c2nc(C)nc(N)n2)cc1F. The van der Waals surface area contributed by atoms with Gasteiger partial charge in [0, 0.05) is 44.5 Å². The van der Waals surface area contributed by atoms with Gasteiger partial charge >= 0.3 is 0 Å². The number of piperazine rings is 1. The van der Waals surface area contributed by atoms with Gasteiger partial charge in [0.25, 0.3) is 0 Å². The largest absolute Gasteiger partial charge is 0.479 e. The second-order valence-electron chi connectivity index (χ2n) is 8.60. The lowest BCUT2D eigenvalue weighted by Gasteiger charge is -2.38. The van der Waals surface area contributed by atoms with Crippen molar-refractivity contribution in [2.45, 2.75) is 26.4 Å². The molecule has 0 spiro atoms. The lowest BCUT2D eigenvalue weighted by atomic mass is 10.1. The van der Waals surface area contributed by atoms with Crippen LogP contribution in [0.5, 0.6) is 5.88 Å². The van der Waals surface area contributed by atoms with Crippen LogP contribution in [0, 0.1) is 12.7 Å². The summed E-state index contributed by atoms with van der Waals surface area (Å²) in [5.74, 6) is 0.464. The fourth-order valence-electron chi connectivity index (χ4n) is 4.18. The predicted molar refractivity (Wildman–Crippen MR) is 133 cm³/mol. The zero-order valence-corrected chi connectivity index (χ0v) is 21.3. The molecule has 0 aliphatic carbocycles. The van der Waals surface area contributed by atoms with E-state index in [-0.39, 0.29) is 17.9 Å². The van der Waals surface area contributed by atoms with Gasteiger partial charge in [0.1, 0.15) is 11.6 Å². The van der Waals surface area contributed by atoms with Crippen molar-refractivity contribution >= 4 is 27.5 Å². The number of hydrogen-bond acceptors (Lipinski definition) is 11. The van der Waals surface area contributed by atoms with E-state index in [1.165, 1.54) is 29.9 Å². The van der Waals surface area contributed by atoms with Crippen molar-refractivity contribution in [1.29, 1.82) is 0 Å². The summed E-state index contributed by atoms with van der Waals surface area (Å²) < 4.78 is 44.6. The monoisotopic (exact) mass is 517 g/mol. The molecule has 1 aliphatic rings. The molecule has 14 heteroatoms. The number of nitrogens with one attached hydrogen (secondary N) is 1. The highest BCUT2D eigenvalue weighted by molar-refractivity contribution is 7.88. The van der Waals surface area contributed by atoms with Crippen molar-refractivity contribution < 1.29 is 17.5 Å². The number of ether oxygens (including phenoxy) is 1. The number of hydrogen-bond donors (Lipinski definition) is 2. The number of aromatic nitrogens is 5. The molecule has 1 aliphatic heterocycles. The summed E-state index contributed by atoms with van der Waals surface area (Å²) in [7, 11) is -1.91. The Morgan fingerprint density at radius 2 is 1.97 bits per heavy atom. The van der Waals surface area contributed by atoms with E-state index in [9.17, 15) is 12.8 Å². The van der Waals surface area contributed by atoms with Crippen LogP contribution in [-0.4, -0.2) is 81.6 Å². The van der Waals surface area contributed by atoms with Crippen molar-refractivity contribution in [2.75, 3.05) is 44.1 Å². The summed E-state index contributed by atoms with van der Waals surface area (Å²) in [5.41, 5.74) is 7.64. The molecular weight excluding hydrogens is 489 g/mol. The highest BCUT2D eigenvalue weighted by Crippen LogP contribution is 2.29. The topological polar surface area (TPSA) is 152 Å². The lowest BCUT2D eigenvalue weighted by Crippen LogP contribution is -2.53. The Morgan fingerprint density at radius 3 is 2.61 bits per heavy atom. The summed E-state index contributed by atoms with van der Waals surface area (Å²) in [6.07, 6.45) is 4.36. The van der Waals surface area contributed by atoms with E-state index in [1.54, 1.807) is 13.1 Å². The average molecular weight is 518 g/mol. The first-order valence-electron chi connectivity index (χ1n) is 11.2. The predicted octanol–water partition coefficient (Wildman–Crippen LogP) is 1.58. The minimum Gasteiger partial charge on any atom is -0.479 e. The molecule has 3 aromatic heterocycles. The molecule has 1 saturated heterocycles. The molecule has 0 radical (unpaired) electrons. The van der Waals surface area contributed by atoms with Gasteiger partial charge in [0.15, 0.2) is 11.6 Å². The summed E-state index contributed by atoms with van der Waals surface area (Å²) in [5, 5.41) is 3.07. The van der Waals surface area contributed by atoms with Gasteiger partial charge in [-0.15, -0.1) is 0 Å². The van der Waals surface area contributed by atoms with Crippen molar-refractivity contribution in [3.63, 3.8) is 0 Å². The average Bonchev–Trinajstić information content (AvgIpc) is 2.79. The number of aryl methyl sites for hydroxylation is 1. The first-order valence-corrected chi connectivity index (χ1v) is 13.0. The number of anilines is 3. The van der Waals surface area contributed by atoms with Crippen LogP contribution < -0.4 is 15.8 Å². The Morgan fingerprint density at radius 1 is 1.19 bits per heavy atom. The molecule has 1 fully saturated rings. The number of rotatable bonds is 7. The molecule has 3 N–H and O–H groups in total.